The third-order valence-electron chi connectivity index (χ3n) is 2.77. The molecule has 0 atom stereocenters. The number of furan rings is 1. The molecule has 17 heavy (non-hydrogen) atoms. The summed E-state index contributed by atoms with van der Waals surface area (Å²) >= 11 is 0. The second kappa shape index (κ2) is 4.45. The van der Waals surface area contributed by atoms with Crippen molar-refractivity contribution in [3.05, 3.63) is 53.0 Å². The van der Waals surface area contributed by atoms with Crippen molar-refractivity contribution in [1.82, 2.24) is 0 Å². The standard InChI is InChI=1S/C14H14O3/c1-9-7-13(16-3)10(2)6-12(9)14(15)11-4-5-17-8-11/h4-8H,1-3H3. The monoisotopic (exact) mass is 230 g/mol. The van der Waals surface area contributed by atoms with Crippen LogP contribution in [0.4, 0.5) is 0 Å². The molecule has 3 nitrogen and oxygen atoms in total. The Morgan fingerprint density at radius 3 is 2.59 bits per heavy atom. The number of carbonyl (C=O) groups excluding carboxylic acids is 1. The lowest BCUT2D eigenvalue weighted by molar-refractivity contribution is 0.103. The minimum absolute atomic E-state index is 0.0259. The van der Waals surface area contributed by atoms with E-state index in [9.17, 15) is 4.79 Å². The molecule has 0 aliphatic heterocycles. The Balaban J connectivity index is 2.46. The molecule has 0 radical (unpaired) electrons. The van der Waals surface area contributed by atoms with Crippen LogP contribution in [0.3, 0.4) is 0 Å². The molecule has 0 unspecified atom stereocenters. The van der Waals surface area contributed by atoms with Gasteiger partial charge in [0.25, 0.3) is 0 Å². The lowest BCUT2D eigenvalue weighted by Crippen LogP contribution is -2.03. The lowest BCUT2D eigenvalue weighted by atomic mass is 9.98. The molecule has 0 N–H and O–H groups in total. The summed E-state index contributed by atoms with van der Waals surface area (Å²) in [6.07, 6.45) is 2.96. The zero-order valence-corrected chi connectivity index (χ0v) is 10.1. The fraction of sp³-hybridized carbons (Fsp3) is 0.214. The van der Waals surface area contributed by atoms with Crippen molar-refractivity contribution in [3.63, 3.8) is 0 Å². The van der Waals surface area contributed by atoms with E-state index in [0.717, 1.165) is 16.9 Å². The summed E-state index contributed by atoms with van der Waals surface area (Å²) in [5.74, 6) is 0.772. The van der Waals surface area contributed by atoms with Gasteiger partial charge in [-0.3, -0.25) is 4.79 Å². The van der Waals surface area contributed by atoms with Crippen molar-refractivity contribution >= 4 is 5.78 Å². The number of ketones is 1. The van der Waals surface area contributed by atoms with Crippen molar-refractivity contribution in [2.24, 2.45) is 0 Å². The normalized spacial score (nSPS) is 10.3. The van der Waals surface area contributed by atoms with E-state index < -0.39 is 0 Å². The van der Waals surface area contributed by atoms with Crippen molar-refractivity contribution in [3.8, 4) is 5.75 Å². The molecule has 1 aromatic heterocycles. The topological polar surface area (TPSA) is 39.4 Å². The minimum Gasteiger partial charge on any atom is -0.496 e. The van der Waals surface area contributed by atoms with Crippen molar-refractivity contribution in [2.45, 2.75) is 13.8 Å². The Labute approximate surface area is 100 Å². The molecular weight excluding hydrogens is 216 g/mol. The first-order valence-corrected chi connectivity index (χ1v) is 5.35. The maximum Gasteiger partial charge on any atom is 0.196 e. The van der Waals surface area contributed by atoms with E-state index in [1.165, 1.54) is 12.5 Å². The summed E-state index contributed by atoms with van der Waals surface area (Å²) in [4.78, 5) is 12.2. The summed E-state index contributed by atoms with van der Waals surface area (Å²) in [7, 11) is 1.62. The van der Waals surface area contributed by atoms with E-state index in [4.69, 9.17) is 9.15 Å². The molecule has 0 saturated carbocycles. The van der Waals surface area contributed by atoms with E-state index in [-0.39, 0.29) is 5.78 Å². The van der Waals surface area contributed by atoms with Crippen LogP contribution in [-0.4, -0.2) is 12.9 Å². The van der Waals surface area contributed by atoms with E-state index >= 15 is 0 Å². The number of hydrogen-bond donors (Lipinski definition) is 0. The molecule has 2 rings (SSSR count). The van der Waals surface area contributed by atoms with E-state index in [2.05, 4.69) is 0 Å². The van der Waals surface area contributed by atoms with Crippen LogP contribution in [0.1, 0.15) is 27.0 Å². The highest BCUT2D eigenvalue weighted by Gasteiger charge is 2.14. The zero-order chi connectivity index (χ0) is 12.4. The van der Waals surface area contributed by atoms with Gasteiger partial charge in [-0.15, -0.1) is 0 Å². The smallest absolute Gasteiger partial charge is 0.196 e. The number of hydrogen-bond acceptors (Lipinski definition) is 3. The molecule has 0 aliphatic carbocycles. The van der Waals surface area contributed by atoms with Gasteiger partial charge in [0, 0.05) is 5.56 Å². The number of rotatable bonds is 3. The van der Waals surface area contributed by atoms with Gasteiger partial charge in [0.2, 0.25) is 0 Å². The van der Waals surface area contributed by atoms with Gasteiger partial charge in [0.15, 0.2) is 5.78 Å². The average molecular weight is 230 g/mol. The molecule has 1 heterocycles. The summed E-state index contributed by atoms with van der Waals surface area (Å²) in [5.41, 5.74) is 3.10. The molecule has 0 spiro atoms. The highest BCUT2D eigenvalue weighted by molar-refractivity contribution is 6.09. The van der Waals surface area contributed by atoms with Gasteiger partial charge in [-0.1, -0.05) is 0 Å². The van der Waals surface area contributed by atoms with E-state index in [1.807, 2.05) is 26.0 Å². The number of benzene rings is 1. The fourth-order valence-electron chi connectivity index (χ4n) is 1.80. The third kappa shape index (κ3) is 2.09. The highest BCUT2D eigenvalue weighted by atomic mass is 16.5. The fourth-order valence-corrected chi connectivity index (χ4v) is 1.80. The van der Waals surface area contributed by atoms with Crippen LogP contribution in [-0.2, 0) is 0 Å². The molecule has 88 valence electrons. The third-order valence-corrected chi connectivity index (χ3v) is 2.77. The van der Waals surface area contributed by atoms with Gasteiger partial charge in [0.05, 0.1) is 18.9 Å². The molecule has 1 aromatic carbocycles. The van der Waals surface area contributed by atoms with Crippen molar-refractivity contribution in [1.29, 1.82) is 0 Å². The summed E-state index contributed by atoms with van der Waals surface area (Å²) in [6.45, 7) is 3.82. The van der Waals surface area contributed by atoms with Gasteiger partial charge in [-0.05, 0) is 43.2 Å². The van der Waals surface area contributed by atoms with Gasteiger partial charge in [-0.25, -0.2) is 0 Å². The van der Waals surface area contributed by atoms with E-state index in [1.54, 1.807) is 13.2 Å². The van der Waals surface area contributed by atoms with E-state index in [0.29, 0.717) is 11.1 Å². The Kier molecular flexibility index (Phi) is 3.00. The van der Waals surface area contributed by atoms with Crippen LogP contribution in [0.25, 0.3) is 0 Å². The predicted molar refractivity (Wildman–Crippen MR) is 64.6 cm³/mol. The SMILES string of the molecule is COc1cc(C)c(C(=O)c2ccoc2)cc1C. The Bertz CT molecular complexity index is 539. The highest BCUT2D eigenvalue weighted by Crippen LogP contribution is 2.24. The Hall–Kier alpha value is -2.03. The first-order valence-electron chi connectivity index (χ1n) is 5.35. The average Bonchev–Trinajstić information content (AvgIpc) is 2.84. The number of ether oxygens (including phenoxy) is 1. The largest absolute Gasteiger partial charge is 0.496 e. The Morgan fingerprint density at radius 2 is 2.00 bits per heavy atom. The maximum absolute atomic E-state index is 12.2. The molecule has 0 amide bonds. The van der Waals surface area contributed by atoms with Crippen LogP contribution in [0.5, 0.6) is 5.75 Å². The molecule has 2 aromatic rings. The first-order chi connectivity index (χ1) is 8.13. The summed E-state index contributed by atoms with van der Waals surface area (Å²) in [5, 5.41) is 0. The second-order valence-corrected chi connectivity index (χ2v) is 3.98. The molecule has 3 heteroatoms. The molecule has 0 fully saturated rings. The van der Waals surface area contributed by atoms with Gasteiger partial charge < -0.3 is 9.15 Å². The van der Waals surface area contributed by atoms with Crippen LogP contribution < -0.4 is 4.74 Å². The quantitative estimate of drug-likeness (QED) is 0.760. The molecule has 0 saturated heterocycles. The molecule has 0 bridgehead atoms. The predicted octanol–water partition coefficient (Wildman–Crippen LogP) is 3.14. The van der Waals surface area contributed by atoms with Crippen LogP contribution >= 0.6 is 0 Å². The number of aryl methyl sites for hydroxylation is 2. The van der Waals surface area contributed by atoms with Gasteiger partial charge in [-0.2, -0.15) is 0 Å². The maximum atomic E-state index is 12.2. The number of methoxy groups -OCH3 is 1. The molecular formula is C14H14O3. The van der Waals surface area contributed by atoms with Crippen molar-refractivity contribution < 1.29 is 13.9 Å². The number of carbonyl (C=O) groups is 1. The van der Waals surface area contributed by atoms with Crippen LogP contribution in [0.15, 0.2) is 35.1 Å². The summed E-state index contributed by atoms with van der Waals surface area (Å²) < 4.78 is 10.1. The second-order valence-electron chi connectivity index (χ2n) is 3.98. The zero-order valence-electron chi connectivity index (χ0n) is 10.1. The van der Waals surface area contributed by atoms with Crippen LogP contribution in [0, 0.1) is 13.8 Å². The first kappa shape index (κ1) is 11.5. The van der Waals surface area contributed by atoms with Gasteiger partial charge >= 0.3 is 0 Å². The Morgan fingerprint density at radius 1 is 1.24 bits per heavy atom. The molecule has 0 aliphatic rings. The van der Waals surface area contributed by atoms with Crippen LogP contribution in [0.2, 0.25) is 0 Å². The van der Waals surface area contributed by atoms with Crippen molar-refractivity contribution in [2.75, 3.05) is 7.11 Å². The summed E-state index contributed by atoms with van der Waals surface area (Å²) in [6, 6.07) is 5.40. The van der Waals surface area contributed by atoms with Gasteiger partial charge in [0.1, 0.15) is 12.0 Å². The minimum atomic E-state index is -0.0259. The lowest BCUT2D eigenvalue weighted by Gasteiger charge is -2.09.